The van der Waals surface area contributed by atoms with Crippen molar-refractivity contribution in [2.45, 2.75) is 0 Å². The maximum absolute atomic E-state index is 6.55. The Labute approximate surface area is 184 Å². The van der Waals surface area contributed by atoms with Crippen molar-refractivity contribution in [3.8, 4) is 17.0 Å². The van der Waals surface area contributed by atoms with Crippen LogP contribution in [0.2, 0.25) is 0 Å². The third kappa shape index (κ3) is 2.35. The van der Waals surface area contributed by atoms with Gasteiger partial charge in [-0.2, -0.15) is 0 Å². The van der Waals surface area contributed by atoms with Crippen molar-refractivity contribution in [3.63, 3.8) is 0 Å². The SMILES string of the molecule is c1ccc(-c2cc3c(o2)c2ccccc2c2c4ccccc4n(-c4ccccc4)c32)cc1. The zero-order chi connectivity index (χ0) is 21.1. The molecule has 0 fully saturated rings. The average Bonchev–Trinajstić information content (AvgIpc) is 3.46. The molecule has 0 saturated heterocycles. The van der Waals surface area contributed by atoms with Gasteiger partial charge >= 0.3 is 0 Å². The standard InChI is InChI=1S/C30H19NO/c1-3-11-20(12-4-1)27-19-25-29-28(22-15-7-8-16-23(22)30(25)32-27)24-17-9-10-18-26(24)31(29)21-13-5-2-6-14-21/h1-19H. The van der Waals surface area contributed by atoms with Crippen LogP contribution in [0.5, 0.6) is 0 Å². The molecule has 7 aromatic rings. The van der Waals surface area contributed by atoms with Crippen LogP contribution in [0.25, 0.3) is 60.6 Å². The summed E-state index contributed by atoms with van der Waals surface area (Å²) in [6.45, 7) is 0. The van der Waals surface area contributed by atoms with Gasteiger partial charge in [-0.05, 0) is 29.7 Å². The van der Waals surface area contributed by atoms with Crippen molar-refractivity contribution >= 4 is 43.5 Å². The summed E-state index contributed by atoms with van der Waals surface area (Å²) < 4.78 is 8.93. The van der Waals surface area contributed by atoms with Gasteiger partial charge in [0.05, 0.1) is 11.0 Å². The monoisotopic (exact) mass is 409 g/mol. The van der Waals surface area contributed by atoms with E-state index in [1.807, 2.05) is 6.07 Å². The van der Waals surface area contributed by atoms with E-state index in [9.17, 15) is 0 Å². The van der Waals surface area contributed by atoms with Crippen LogP contribution in [0.4, 0.5) is 0 Å². The zero-order valence-corrected chi connectivity index (χ0v) is 17.3. The summed E-state index contributed by atoms with van der Waals surface area (Å²) >= 11 is 0. The summed E-state index contributed by atoms with van der Waals surface area (Å²) in [6, 6.07) is 40.4. The molecule has 2 nitrogen and oxygen atoms in total. The maximum Gasteiger partial charge on any atom is 0.144 e. The van der Waals surface area contributed by atoms with Crippen molar-refractivity contribution in [2.75, 3.05) is 0 Å². The second-order valence-corrected chi connectivity index (χ2v) is 8.18. The highest BCUT2D eigenvalue weighted by Crippen LogP contribution is 2.44. The first-order valence-electron chi connectivity index (χ1n) is 10.9. The van der Waals surface area contributed by atoms with E-state index in [-0.39, 0.29) is 0 Å². The normalized spacial score (nSPS) is 11.8. The molecular weight excluding hydrogens is 390 g/mol. The molecule has 0 atom stereocenters. The van der Waals surface area contributed by atoms with Crippen LogP contribution < -0.4 is 0 Å². The molecule has 0 spiro atoms. The Bertz CT molecular complexity index is 1760. The summed E-state index contributed by atoms with van der Waals surface area (Å²) in [5.74, 6) is 0.892. The van der Waals surface area contributed by atoms with Gasteiger partial charge in [0, 0.05) is 32.8 Å². The van der Waals surface area contributed by atoms with Crippen molar-refractivity contribution < 1.29 is 4.42 Å². The molecule has 0 bridgehead atoms. The zero-order valence-electron chi connectivity index (χ0n) is 17.3. The molecule has 0 aliphatic heterocycles. The fourth-order valence-corrected chi connectivity index (χ4v) is 5.02. The number of hydrogen-bond acceptors (Lipinski definition) is 1. The lowest BCUT2D eigenvalue weighted by atomic mass is 10.0. The number of fused-ring (bicyclic) bond motifs is 8. The maximum atomic E-state index is 6.55. The van der Waals surface area contributed by atoms with Gasteiger partial charge < -0.3 is 8.98 Å². The number of hydrogen-bond donors (Lipinski definition) is 0. The number of para-hydroxylation sites is 2. The first-order valence-corrected chi connectivity index (χ1v) is 10.9. The average molecular weight is 409 g/mol. The Kier molecular flexibility index (Phi) is 3.58. The molecule has 7 rings (SSSR count). The Morgan fingerprint density at radius 1 is 0.531 bits per heavy atom. The molecule has 2 heterocycles. The number of aromatic nitrogens is 1. The van der Waals surface area contributed by atoms with Gasteiger partial charge in [-0.1, -0.05) is 91.0 Å². The van der Waals surface area contributed by atoms with E-state index in [1.54, 1.807) is 0 Å². The Balaban J connectivity index is 1.76. The van der Waals surface area contributed by atoms with Crippen LogP contribution in [-0.4, -0.2) is 4.57 Å². The summed E-state index contributed by atoms with van der Waals surface area (Å²) in [6.07, 6.45) is 0. The van der Waals surface area contributed by atoms with Crippen molar-refractivity contribution in [2.24, 2.45) is 0 Å². The van der Waals surface area contributed by atoms with E-state index in [4.69, 9.17) is 4.42 Å². The van der Waals surface area contributed by atoms with Gasteiger partial charge in [0.15, 0.2) is 0 Å². The van der Waals surface area contributed by atoms with Gasteiger partial charge in [0.1, 0.15) is 11.3 Å². The summed E-state index contributed by atoms with van der Waals surface area (Å²) in [7, 11) is 0. The molecule has 2 heteroatoms. The van der Waals surface area contributed by atoms with Crippen LogP contribution in [0, 0.1) is 0 Å². The number of furan rings is 1. The van der Waals surface area contributed by atoms with Gasteiger partial charge in [0.2, 0.25) is 0 Å². The van der Waals surface area contributed by atoms with Crippen molar-refractivity contribution in [1.82, 2.24) is 4.57 Å². The quantitative estimate of drug-likeness (QED) is 0.280. The molecular formula is C30H19NO. The molecule has 5 aromatic carbocycles. The third-order valence-electron chi connectivity index (χ3n) is 6.38. The lowest BCUT2D eigenvalue weighted by Gasteiger charge is -2.09. The van der Waals surface area contributed by atoms with Gasteiger partial charge in [-0.25, -0.2) is 0 Å². The molecule has 0 amide bonds. The van der Waals surface area contributed by atoms with E-state index >= 15 is 0 Å². The topological polar surface area (TPSA) is 18.1 Å². The molecule has 32 heavy (non-hydrogen) atoms. The third-order valence-corrected chi connectivity index (χ3v) is 6.38. The number of nitrogens with zero attached hydrogens (tertiary/aromatic N) is 1. The predicted molar refractivity (Wildman–Crippen MR) is 133 cm³/mol. The summed E-state index contributed by atoms with van der Waals surface area (Å²) in [5.41, 5.74) is 5.57. The first kappa shape index (κ1) is 17.4. The van der Waals surface area contributed by atoms with Crippen LogP contribution in [0.15, 0.2) is 120 Å². The molecule has 150 valence electrons. The lowest BCUT2D eigenvalue weighted by molar-refractivity contribution is 0.635. The van der Waals surface area contributed by atoms with Crippen LogP contribution >= 0.6 is 0 Å². The summed E-state index contributed by atoms with van der Waals surface area (Å²) in [5, 5.41) is 6.03. The smallest absolute Gasteiger partial charge is 0.144 e. The predicted octanol–water partition coefficient (Wildman–Crippen LogP) is 8.35. The van der Waals surface area contributed by atoms with Crippen molar-refractivity contribution in [1.29, 1.82) is 0 Å². The lowest BCUT2D eigenvalue weighted by Crippen LogP contribution is -1.93. The van der Waals surface area contributed by atoms with Gasteiger partial charge in [-0.15, -0.1) is 0 Å². The minimum atomic E-state index is 0.892. The van der Waals surface area contributed by atoms with E-state index in [0.29, 0.717) is 0 Å². The number of benzene rings is 5. The number of rotatable bonds is 2. The highest BCUT2D eigenvalue weighted by atomic mass is 16.3. The van der Waals surface area contributed by atoms with Gasteiger partial charge in [0.25, 0.3) is 0 Å². The Morgan fingerprint density at radius 2 is 1.16 bits per heavy atom. The largest absolute Gasteiger partial charge is 0.455 e. The van der Waals surface area contributed by atoms with Crippen LogP contribution in [0.1, 0.15) is 0 Å². The highest BCUT2D eigenvalue weighted by molar-refractivity contribution is 6.31. The molecule has 0 saturated carbocycles. The minimum absolute atomic E-state index is 0.892. The molecule has 0 aliphatic carbocycles. The molecule has 0 aliphatic rings. The minimum Gasteiger partial charge on any atom is -0.455 e. The molecule has 0 radical (unpaired) electrons. The Morgan fingerprint density at radius 3 is 1.94 bits per heavy atom. The molecule has 0 unspecified atom stereocenters. The van der Waals surface area contributed by atoms with Gasteiger partial charge in [-0.3, -0.25) is 0 Å². The second-order valence-electron chi connectivity index (χ2n) is 8.18. The van der Waals surface area contributed by atoms with Crippen LogP contribution in [0.3, 0.4) is 0 Å². The van der Waals surface area contributed by atoms with E-state index in [0.717, 1.165) is 33.4 Å². The summed E-state index contributed by atoms with van der Waals surface area (Å²) in [4.78, 5) is 0. The van der Waals surface area contributed by atoms with Crippen molar-refractivity contribution in [3.05, 3.63) is 115 Å². The van der Waals surface area contributed by atoms with E-state index < -0.39 is 0 Å². The van der Waals surface area contributed by atoms with E-state index in [2.05, 4.69) is 114 Å². The Hall–Kier alpha value is -4.30. The molecule has 2 aromatic heterocycles. The fourth-order valence-electron chi connectivity index (χ4n) is 5.02. The highest BCUT2D eigenvalue weighted by Gasteiger charge is 2.21. The van der Waals surface area contributed by atoms with E-state index in [1.165, 1.54) is 27.2 Å². The molecule has 0 N–H and O–H groups in total. The van der Waals surface area contributed by atoms with Crippen LogP contribution in [-0.2, 0) is 0 Å². The fraction of sp³-hybridized carbons (Fsp3) is 0. The second kappa shape index (κ2) is 6.60. The first-order chi connectivity index (χ1) is 15.9.